The average molecular weight is 639 g/mol. The van der Waals surface area contributed by atoms with E-state index < -0.39 is 98.4 Å². The standard InChI is InChI=1S/C26H38O18/c27-9-1-3-10(4-2-9)41-23-20(34)16(30)12(6-38-23)43-25-22(36)18(32)14(8-40-25)44-26-21(35)17(31)13(7-39-26)42-24-19(33)15(29)11(28)5-37-24/h1-4,11-36H,5-8H2/t11-,12+,13+,14-,15-,16+,17+,18-,19?,20+,21+,22?,23?,24?,25?,26?/m1/s1. The van der Waals surface area contributed by atoms with Gasteiger partial charge in [0.25, 0.3) is 0 Å². The number of benzene rings is 1. The first-order chi connectivity index (χ1) is 20.9. The molecule has 16 atom stereocenters. The van der Waals surface area contributed by atoms with Crippen molar-refractivity contribution < 1.29 is 89.0 Å². The molecule has 4 fully saturated rings. The third kappa shape index (κ3) is 7.26. The van der Waals surface area contributed by atoms with Crippen molar-refractivity contribution in [2.45, 2.75) is 98.4 Å². The van der Waals surface area contributed by atoms with Gasteiger partial charge in [0.15, 0.2) is 18.9 Å². The van der Waals surface area contributed by atoms with E-state index in [0.717, 1.165) is 0 Å². The van der Waals surface area contributed by atoms with Crippen molar-refractivity contribution in [2.24, 2.45) is 0 Å². The van der Waals surface area contributed by atoms with Crippen molar-refractivity contribution >= 4 is 0 Å². The first kappa shape index (κ1) is 33.5. The van der Waals surface area contributed by atoms with E-state index in [1.807, 2.05) is 0 Å². The van der Waals surface area contributed by atoms with Crippen LogP contribution in [0.1, 0.15) is 0 Å². The number of aliphatic hydroxyl groups excluding tert-OH is 9. The third-order valence-corrected chi connectivity index (χ3v) is 7.77. The normalized spacial score (nSPS) is 46.8. The molecule has 4 aliphatic rings. The van der Waals surface area contributed by atoms with Crippen LogP contribution in [0.4, 0.5) is 0 Å². The Kier molecular flexibility index (Phi) is 10.9. The molecular formula is C26H38O18. The summed E-state index contributed by atoms with van der Waals surface area (Å²) in [5.74, 6) is 0.269. The zero-order chi connectivity index (χ0) is 31.7. The van der Waals surface area contributed by atoms with E-state index in [2.05, 4.69) is 0 Å². The number of aliphatic hydroxyl groups is 9. The van der Waals surface area contributed by atoms with Gasteiger partial charge in [-0.1, -0.05) is 0 Å². The minimum absolute atomic E-state index is 0.00654. The molecule has 0 aromatic heterocycles. The van der Waals surface area contributed by atoms with Crippen LogP contribution in [0.2, 0.25) is 0 Å². The van der Waals surface area contributed by atoms with Crippen molar-refractivity contribution in [3.63, 3.8) is 0 Å². The first-order valence-electron chi connectivity index (χ1n) is 14.0. The van der Waals surface area contributed by atoms with E-state index in [9.17, 15) is 51.1 Å². The Labute approximate surface area is 250 Å². The summed E-state index contributed by atoms with van der Waals surface area (Å²) in [7, 11) is 0. The van der Waals surface area contributed by atoms with Crippen LogP contribution in [-0.2, 0) is 33.2 Å². The average Bonchev–Trinajstić information content (AvgIpc) is 3.01. The number of rotatable bonds is 8. The largest absolute Gasteiger partial charge is 0.508 e. The number of aromatic hydroxyl groups is 1. The second-order valence-electron chi connectivity index (χ2n) is 10.9. The maximum atomic E-state index is 10.7. The van der Waals surface area contributed by atoms with Gasteiger partial charge in [0.05, 0.1) is 26.4 Å². The number of ether oxygens (including phenoxy) is 8. The predicted molar refractivity (Wildman–Crippen MR) is 136 cm³/mol. The fourth-order valence-electron chi connectivity index (χ4n) is 5.08. The highest BCUT2D eigenvalue weighted by Gasteiger charge is 2.49. The molecule has 0 amide bonds. The summed E-state index contributed by atoms with van der Waals surface area (Å²) in [5.41, 5.74) is 0. The molecule has 1 aromatic rings. The van der Waals surface area contributed by atoms with Gasteiger partial charge in [0, 0.05) is 0 Å². The smallest absolute Gasteiger partial charge is 0.228 e. The summed E-state index contributed by atoms with van der Waals surface area (Å²) >= 11 is 0. The highest BCUT2D eigenvalue weighted by Crippen LogP contribution is 2.29. The Bertz CT molecular complexity index is 1050. The molecule has 10 N–H and O–H groups in total. The van der Waals surface area contributed by atoms with Gasteiger partial charge in [0.1, 0.15) is 84.7 Å². The molecule has 0 aliphatic carbocycles. The summed E-state index contributed by atoms with van der Waals surface area (Å²) < 4.78 is 43.6. The quantitative estimate of drug-likeness (QED) is 0.127. The van der Waals surface area contributed by atoms with Crippen LogP contribution in [0.25, 0.3) is 0 Å². The van der Waals surface area contributed by atoms with Crippen molar-refractivity contribution in [2.75, 3.05) is 26.4 Å². The van der Waals surface area contributed by atoms with Crippen LogP contribution in [-0.4, -0.2) is 176 Å². The van der Waals surface area contributed by atoms with Gasteiger partial charge >= 0.3 is 0 Å². The molecule has 18 heteroatoms. The molecule has 4 heterocycles. The molecule has 44 heavy (non-hydrogen) atoms. The molecule has 5 rings (SSSR count). The van der Waals surface area contributed by atoms with Crippen LogP contribution in [0, 0.1) is 0 Å². The van der Waals surface area contributed by atoms with Crippen LogP contribution in [0.5, 0.6) is 11.5 Å². The molecule has 0 radical (unpaired) electrons. The lowest BCUT2D eigenvalue weighted by Gasteiger charge is -2.44. The highest BCUT2D eigenvalue weighted by atomic mass is 16.8. The topological polar surface area (TPSA) is 276 Å². The molecule has 6 unspecified atom stereocenters. The van der Waals surface area contributed by atoms with Gasteiger partial charge in [-0.15, -0.1) is 0 Å². The van der Waals surface area contributed by atoms with Crippen molar-refractivity contribution in [3.8, 4) is 11.5 Å². The second kappa shape index (κ2) is 14.3. The van der Waals surface area contributed by atoms with Crippen molar-refractivity contribution in [1.29, 1.82) is 0 Å². The summed E-state index contributed by atoms with van der Waals surface area (Å²) in [5, 5.41) is 102. The predicted octanol–water partition coefficient (Wildman–Crippen LogP) is -5.40. The van der Waals surface area contributed by atoms with E-state index >= 15 is 0 Å². The van der Waals surface area contributed by atoms with E-state index in [4.69, 9.17) is 37.9 Å². The lowest BCUT2D eigenvalue weighted by atomic mass is 10.0. The minimum Gasteiger partial charge on any atom is -0.508 e. The third-order valence-electron chi connectivity index (χ3n) is 7.77. The highest BCUT2D eigenvalue weighted by molar-refractivity contribution is 5.30. The molecule has 0 saturated carbocycles. The summed E-state index contributed by atoms with van der Waals surface area (Å²) in [4.78, 5) is 0. The van der Waals surface area contributed by atoms with Crippen LogP contribution in [0.3, 0.4) is 0 Å². The van der Waals surface area contributed by atoms with Gasteiger partial charge in [-0.05, 0) is 24.3 Å². The SMILES string of the molecule is Oc1ccc(OC2OC[C@H](OC3OC[C@@H](OC4OC[C@H](OC5OC[C@@H](O)[C@@H](O)C5O)[C@H](O)[C@@H]4O)[C@@H](O)C3O)[C@H](O)[C@@H]2O)cc1. The number of phenols is 1. The molecule has 1 aromatic carbocycles. The fraction of sp³-hybridized carbons (Fsp3) is 0.769. The Morgan fingerprint density at radius 3 is 1.27 bits per heavy atom. The summed E-state index contributed by atoms with van der Waals surface area (Å²) in [6.45, 7) is -1.37. The molecular weight excluding hydrogens is 600 g/mol. The Hall–Kier alpha value is -1.82. The molecule has 4 saturated heterocycles. The molecule has 0 bridgehead atoms. The van der Waals surface area contributed by atoms with Gasteiger partial charge in [-0.2, -0.15) is 0 Å². The van der Waals surface area contributed by atoms with Gasteiger partial charge < -0.3 is 89.0 Å². The van der Waals surface area contributed by atoms with Gasteiger partial charge in [0.2, 0.25) is 6.29 Å². The van der Waals surface area contributed by atoms with Crippen LogP contribution >= 0.6 is 0 Å². The number of phenolic OH excluding ortho intramolecular Hbond substituents is 1. The van der Waals surface area contributed by atoms with E-state index in [1.54, 1.807) is 0 Å². The Morgan fingerprint density at radius 1 is 0.455 bits per heavy atom. The van der Waals surface area contributed by atoms with Gasteiger partial charge in [-0.3, -0.25) is 0 Å². The maximum absolute atomic E-state index is 10.7. The Morgan fingerprint density at radius 2 is 0.818 bits per heavy atom. The van der Waals surface area contributed by atoms with E-state index in [0.29, 0.717) is 0 Å². The summed E-state index contributed by atoms with van der Waals surface area (Å²) in [6, 6.07) is 5.61. The van der Waals surface area contributed by atoms with Crippen molar-refractivity contribution in [1.82, 2.24) is 0 Å². The Balaban J connectivity index is 1.09. The molecule has 18 nitrogen and oxygen atoms in total. The van der Waals surface area contributed by atoms with Gasteiger partial charge in [-0.25, -0.2) is 0 Å². The number of hydrogen-bond acceptors (Lipinski definition) is 18. The monoisotopic (exact) mass is 638 g/mol. The second-order valence-corrected chi connectivity index (χ2v) is 10.9. The molecule has 0 spiro atoms. The van der Waals surface area contributed by atoms with E-state index in [-0.39, 0.29) is 37.9 Å². The first-order valence-corrected chi connectivity index (χ1v) is 14.0. The fourth-order valence-corrected chi connectivity index (χ4v) is 5.08. The van der Waals surface area contributed by atoms with E-state index in [1.165, 1.54) is 24.3 Å². The lowest BCUT2D eigenvalue weighted by molar-refractivity contribution is -0.356. The molecule has 250 valence electrons. The maximum Gasteiger partial charge on any atom is 0.228 e. The lowest BCUT2D eigenvalue weighted by Crippen LogP contribution is -2.62. The summed E-state index contributed by atoms with van der Waals surface area (Å²) in [6.07, 6.45) is -23.7. The minimum atomic E-state index is -1.73. The zero-order valence-electron chi connectivity index (χ0n) is 23.1. The molecule has 4 aliphatic heterocycles. The zero-order valence-corrected chi connectivity index (χ0v) is 23.1. The number of hydrogen-bond donors (Lipinski definition) is 10. The van der Waals surface area contributed by atoms with Crippen LogP contribution in [0.15, 0.2) is 24.3 Å². The van der Waals surface area contributed by atoms with Crippen molar-refractivity contribution in [3.05, 3.63) is 24.3 Å². The van der Waals surface area contributed by atoms with Crippen LogP contribution < -0.4 is 4.74 Å².